The maximum Gasteiger partial charge on any atom is 0.272 e. The third-order valence-corrected chi connectivity index (χ3v) is 5.33. The van der Waals surface area contributed by atoms with Crippen LogP contribution in [0.25, 0.3) is 0 Å². The van der Waals surface area contributed by atoms with Crippen LogP contribution in [-0.2, 0) is 0 Å². The van der Waals surface area contributed by atoms with Crippen molar-refractivity contribution in [3.63, 3.8) is 0 Å². The summed E-state index contributed by atoms with van der Waals surface area (Å²) in [6, 6.07) is 9.78. The molecule has 148 valence electrons. The molecule has 0 bridgehead atoms. The highest BCUT2D eigenvalue weighted by Gasteiger charge is 2.22. The van der Waals surface area contributed by atoms with E-state index in [1.807, 2.05) is 12.1 Å². The number of hydrogen-bond donors (Lipinski definition) is 1. The van der Waals surface area contributed by atoms with Gasteiger partial charge >= 0.3 is 0 Å². The van der Waals surface area contributed by atoms with Gasteiger partial charge in [-0.2, -0.15) is 0 Å². The number of para-hydroxylation sites is 1. The van der Waals surface area contributed by atoms with E-state index >= 15 is 0 Å². The Hall–Kier alpha value is -2.64. The molecule has 2 aromatic carbocycles. The summed E-state index contributed by atoms with van der Waals surface area (Å²) in [4.78, 5) is 27.8. The molecule has 0 atom stereocenters. The minimum atomic E-state index is -0.456. The first kappa shape index (κ1) is 20.1. The summed E-state index contributed by atoms with van der Waals surface area (Å²) in [6.45, 7) is 8.32. The number of carbonyl (C=O) groups is 1. The third-order valence-electron chi connectivity index (χ3n) is 5.03. The van der Waals surface area contributed by atoms with Crippen LogP contribution in [0.1, 0.15) is 22.8 Å². The van der Waals surface area contributed by atoms with Crippen molar-refractivity contribution in [1.29, 1.82) is 0 Å². The Morgan fingerprint density at radius 1 is 1.21 bits per heavy atom. The monoisotopic (exact) mass is 402 g/mol. The molecule has 0 aliphatic carbocycles. The van der Waals surface area contributed by atoms with Gasteiger partial charge in [0, 0.05) is 43.4 Å². The Labute approximate surface area is 169 Å². The number of rotatable bonds is 5. The molecule has 1 saturated heterocycles. The van der Waals surface area contributed by atoms with E-state index in [9.17, 15) is 14.9 Å². The molecule has 1 fully saturated rings. The Bertz CT molecular complexity index is 895. The molecule has 1 aliphatic rings. The number of likely N-dealkylation sites (N-methyl/N-ethyl adjacent to an activating group) is 1. The van der Waals surface area contributed by atoms with Gasteiger partial charge in [0.25, 0.3) is 11.6 Å². The summed E-state index contributed by atoms with van der Waals surface area (Å²) in [5, 5.41) is 14.5. The topological polar surface area (TPSA) is 78.7 Å². The molecule has 7 nitrogen and oxygen atoms in total. The Morgan fingerprint density at radius 2 is 1.93 bits per heavy atom. The van der Waals surface area contributed by atoms with Crippen LogP contribution in [-0.4, -0.2) is 48.5 Å². The van der Waals surface area contributed by atoms with Gasteiger partial charge in [0.2, 0.25) is 0 Å². The van der Waals surface area contributed by atoms with Gasteiger partial charge in [-0.15, -0.1) is 0 Å². The van der Waals surface area contributed by atoms with Crippen molar-refractivity contribution >= 4 is 34.6 Å². The van der Waals surface area contributed by atoms with E-state index in [0.717, 1.165) is 38.4 Å². The highest BCUT2D eigenvalue weighted by molar-refractivity contribution is 6.34. The van der Waals surface area contributed by atoms with E-state index < -0.39 is 4.92 Å². The first-order valence-electron chi connectivity index (χ1n) is 9.23. The number of anilines is 2. The third kappa shape index (κ3) is 4.26. The van der Waals surface area contributed by atoms with Crippen LogP contribution in [0.2, 0.25) is 5.02 Å². The van der Waals surface area contributed by atoms with Crippen molar-refractivity contribution in [2.24, 2.45) is 0 Å². The highest BCUT2D eigenvalue weighted by atomic mass is 35.5. The second-order valence-electron chi connectivity index (χ2n) is 6.77. The van der Waals surface area contributed by atoms with E-state index in [4.69, 9.17) is 11.6 Å². The number of carbonyl (C=O) groups excluding carboxylic acids is 1. The van der Waals surface area contributed by atoms with Gasteiger partial charge < -0.3 is 15.1 Å². The van der Waals surface area contributed by atoms with Crippen molar-refractivity contribution < 1.29 is 9.72 Å². The number of nitrogens with one attached hydrogen (secondary N) is 1. The predicted molar refractivity (Wildman–Crippen MR) is 112 cm³/mol. The molecule has 0 saturated carbocycles. The molecular weight excluding hydrogens is 380 g/mol. The van der Waals surface area contributed by atoms with E-state index in [1.165, 1.54) is 18.2 Å². The number of amides is 1. The van der Waals surface area contributed by atoms with Gasteiger partial charge in [-0.3, -0.25) is 14.9 Å². The summed E-state index contributed by atoms with van der Waals surface area (Å²) in [5.74, 6) is -0.325. The van der Waals surface area contributed by atoms with Crippen molar-refractivity contribution in [1.82, 2.24) is 4.90 Å². The lowest BCUT2D eigenvalue weighted by molar-refractivity contribution is -0.385. The number of nitro groups is 1. The molecule has 1 N–H and O–H groups in total. The van der Waals surface area contributed by atoms with Crippen LogP contribution in [0.5, 0.6) is 0 Å². The van der Waals surface area contributed by atoms with Crippen molar-refractivity contribution in [3.05, 3.63) is 62.7 Å². The quantitative estimate of drug-likeness (QED) is 0.605. The van der Waals surface area contributed by atoms with Gasteiger partial charge in [-0.05, 0) is 37.7 Å². The van der Waals surface area contributed by atoms with Crippen LogP contribution in [0, 0.1) is 17.0 Å². The molecule has 3 rings (SSSR count). The average Bonchev–Trinajstić information content (AvgIpc) is 2.68. The normalized spacial score (nSPS) is 14.8. The Morgan fingerprint density at radius 3 is 2.54 bits per heavy atom. The first-order valence-corrected chi connectivity index (χ1v) is 9.60. The maximum atomic E-state index is 12.7. The fourth-order valence-electron chi connectivity index (χ4n) is 3.42. The summed E-state index contributed by atoms with van der Waals surface area (Å²) in [5.41, 5.74) is 2.25. The number of halogens is 1. The lowest BCUT2D eigenvalue weighted by Crippen LogP contribution is -2.46. The highest BCUT2D eigenvalue weighted by Crippen LogP contribution is 2.35. The zero-order valence-corrected chi connectivity index (χ0v) is 16.7. The lowest BCUT2D eigenvalue weighted by Gasteiger charge is -2.36. The van der Waals surface area contributed by atoms with Gasteiger partial charge in [0.1, 0.15) is 0 Å². The maximum absolute atomic E-state index is 12.7. The fraction of sp³-hybridized carbons (Fsp3) is 0.350. The molecule has 28 heavy (non-hydrogen) atoms. The van der Waals surface area contributed by atoms with Crippen LogP contribution >= 0.6 is 11.6 Å². The largest absolute Gasteiger partial charge is 0.366 e. The van der Waals surface area contributed by atoms with Crippen molar-refractivity contribution in [2.45, 2.75) is 13.8 Å². The number of piperazine rings is 1. The molecule has 0 unspecified atom stereocenters. The Balaban J connectivity index is 1.83. The number of aryl methyl sites for hydroxylation is 1. The van der Waals surface area contributed by atoms with E-state index in [-0.39, 0.29) is 11.6 Å². The lowest BCUT2D eigenvalue weighted by atomic mass is 10.1. The minimum absolute atomic E-state index is 0.00575. The number of hydrogen-bond acceptors (Lipinski definition) is 5. The van der Waals surface area contributed by atoms with Crippen LogP contribution < -0.4 is 10.2 Å². The molecule has 2 aromatic rings. The van der Waals surface area contributed by atoms with E-state index in [0.29, 0.717) is 21.8 Å². The van der Waals surface area contributed by atoms with Crippen molar-refractivity contribution in [2.75, 3.05) is 42.9 Å². The molecular formula is C20H23ClN4O3. The molecule has 1 aliphatic heterocycles. The van der Waals surface area contributed by atoms with Crippen molar-refractivity contribution in [3.8, 4) is 0 Å². The second-order valence-corrected chi connectivity index (χ2v) is 7.18. The first-order chi connectivity index (χ1) is 13.4. The van der Waals surface area contributed by atoms with Crippen LogP contribution in [0.3, 0.4) is 0 Å². The van der Waals surface area contributed by atoms with Crippen LogP contribution in [0.4, 0.5) is 17.1 Å². The number of nitro benzene ring substituents is 1. The smallest absolute Gasteiger partial charge is 0.272 e. The van der Waals surface area contributed by atoms with Gasteiger partial charge in [-0.25, -0.2) is 0 Å². The minimum Gasteiger partial charge on any atom is -0.366 e. The Kier molecular flexibility index (Phi) is 6.16. The fourth-order valence-corrected chi connectivity index (χ4v) is 3.72. The zero-order chi connectivity index (χ0) is 20.3. The molecule has 8 heteroatoms. The molecule has 1 amide bonds. The predicted octanol–water partition coefficient (Wildman–Crippen LogP) is 3.95. The van der Waals surface area contributed by atoms with Gasteiger partial charge in [0.05, 0.1) is 21.3 Å². The SMILES string of the molecule is CCN1CCN(c2c(Cl)cccc2NC(=O)c2ccc([N+](=O)[O-])c(C)c2)CC1. The average molecular weight is 403 g/mol. The molecule has 0 radical (unpaired) electrons. The van der Waals surface area contributed by atoms with Gasteiger partial charge in [0.15, 0.2) is 0 Å². The number of benzene rings is 2. The second kappa shape index (κ2) is 8.58. The molecule has 1 heterocycles. The van der Waals surface area contributed by atoms with Crippen LogP contribution in [0.15, 0.2) is 36.4 Å². The molecule has 0 aromatic heterocycles. The van der Waals surface area contributed by atoms with E-state index in [2.05, 4.69) is 22.0 Å². The summed E-state index contributed by atoms with van der Waals surface area (Å²) in [7, 11) is 0. The van der Waals surface area contributed by atoms with E-state index in [1.54, 1.807) is 13.0 Å². The number of nitrogens with zero attached hydrogens (tertiary/aromatic N) is 3. The summed E-state index contributed by atoms with van der Waals surface area (Å²) >= 11 is 6.46. The summed E-state index contributed by atoms with van der Waals surface area (Å²) in [6.07, 6.45) is 0. The summed E-state index contributed by atoms with van der Waals surface area (Å²) < 4.78 is 0. The van der Waals surface area contributed by atoms with Gasteiger partial charge in [-0.1, -0.05) is 24.6 Å². The molecule has 0 spiro atoms. The standard InChI is InChI=1S/C20H23ClN4O3/c1-3-23-9-11-24(12-10-23)19-16(21)5-4-6-17(19)22-20(26)15-7-8-18(25(27)28)14(2)13-15/h4-8,13H,3,9-12H2,1-2H3,(H,22,26). The zero-order valence-electron chi connectivity index (χ0n) is 15.9.